The smallest absolute Gasteiger partial charge is 0.411 e. The number of hydrogen-bond acceptors (Lipinski definition) is 6. The summed E-state index contributed by atoms with van der Waals surface area (Å²) in [4.78, 5) is 27.0. The molecule has 42 heavy (non-hydrogen) atoms. The summed E-state index contributed by atoms with van der Waals surface area (Å²) in [5, 5.41) is 0. The minimum absolute atomic E-state index is 0.192. The Hall–Kier alpha value is -4.78. The van der Waals surface area contributed by atoms with Crippen LogP contribution < -0.4 is 9.47 Å². The first-order chi connectivity index (χ1) is 20.2. The van der Waals surface area contributed by atoms with E-state index in [1.807, 2.05) is 69.3 Å². The molecular formula is C35H35NO6. The van der Waals surface area contributed by atoms with Gasteiger partial charge in [0.2, 0.25) is 0 Å². The molecule has 0 bridgehead atoms. The van der Waals surface area contributed by atoms with Gasteiger partial charge in [-0.15, -0.1) is 0 Å². The van der Waals surface area contributed by atoms with E-state index < -0.39 is 6.10 Å². The average Bonchev–Trinajstić information content (AvgIpc) is 3.29. The van der Waals surface area contributed by atoms with Crippen molar-refractivity contribution in [2.75, 3.05) is 21.3 Å². The minimum atomic E-state index is -0.408. The van der Waals surface area contributed by atoms with E-state index >= 15 is 0 Å². The second-order valence-corrected chi connectivity index (χ2v) is 10.5. The summed E-state index contributed by atoms with van der Waals surface area (Å²) < 4.78 is 21.9. The summed E-state index contributed by atoms with van der Waals surface area (Å²) in [6, 6.07) is 25.3. The number of methoxy groups -OCH3 is 3. The van der Waals surface area contributed by atoms with Crippen LogP contribution in [0.3, 0.4) is 0 Å². The second kappa shape index (κ2) is 12.0. The monoisotopic (exact) mass is 565 g/mol. The van der Waals surface area contributed by atoms with Crippen LogP contribution in [-0.4, -0.2) is 44.3 Å². The van der Waals surface area contributed by atoms with Crippen molar-refractivity contribution >= 4 is 12.1 Å². The van der Waals surface area contributed by atoms with Crippen molar-refractivity contribution in [1.29, 1.82) is 0 Å². The van der Waals surface area contributed by atoms with E-state index in [1.165, 1.54) is 7.11 Å². The van der Waals surface area contributed by atoms with Gasteiger partial charge in [-0.05, 0) is 90.6 Å². The van der Waals surface area contributed by atoms with Crippen molar-refractivity contribution in [2.24, 2.45) is 0 Å². The molecule has 0 saturated carbocycles. The van der Waals surface area contributed by atoms with Crippen LogP contribution in [-0.2, 0) is 16.0 Å². The van der Waals surface area contributed by atoms with Crippen molar-refractivity contribution in [2.45, 2.75) is 39.5 Å². The number of carbonyl (C=O) groups excluding carboxylic acids is 2. The Morgan fingerprint density at radius 1 is 0.857 bits per heavy atom. The van der Waals surface area contributed by atoms with Crippen LogP contribution in [0.2, 0.25) is 0 Å². The third-order valence-electron chi connectivity index (χ3n) is 7.86. The fourth-order valence-corrected chi connectivity index (χ4v) is 5.60. The molecule has 216 valence electrons. The van der Waals surface area contributed by atoms with Gasteiger partial charge in [0, 0.05) is 5.56 Å². The standard InChI is InChI=1S/C35H35NO6/c1-21-10-13-30(27(16-21)20-36-23(3)33(42-35(36)38)25-8-7-9-28(18-25)39-4)31-19-24(12-15-32(31)40-5)29-14-11-26(17-22(29)2)34(37)41-6/h7-19,23,33H,20H2,1-6H3/t23-,33-/m0/s1. The molecule has 1 heterocycles. The highest BCUT2D eigenvalue weighted by Gasteiger charge is 2.40. The van der Waals surface area contributed by atoms with E-state index in [0.29, 0.717) is 12.1 Å². The second-order valence-electron chi connectivity index (χ2n) is 10.5. The zero-order valence-corrected chi connectivity index (χ0v) is 24.8. The van der Waals surface area contributed by atoms with Gasteiger partial charge in [-0.25, -0.2) is 9.59 Å². The lowest BCUT2D eigenvalue weighted by Crippen LogP contribution is -2.31. The first-order valence-electron chi connectivity index (χ1n) is 13.8. The quantitative estimate of drug-likeness (QED) is 0.206. The van der Waals surface area contributed by atoms with Crippen molar-refractivity contribution in [1.82, 2.24) is 4.90 Å². The predicted molar refractivity (Wildman–Crippen MR) is 162 cm³/mol. The molecule has 2 atom stereocenters. The van der Waals surface area contributed by atoms with Gasteiger partial charge in [0.25, 0.3) is 0 Å². The number of carbonyl (C=O) groups is 2. The van der Waals surface area contributed by atoms with E-state index in [0.717, 1.165) is 56.0 Å². The largest absolute Gasteiger partial charge is 0.497 e. The zero-order valence-electron chi connectivity index (χ0n) is 24.8. The lowest BCUT2D eigenvalue weighted by atomic mass is 9.92. The Morgan fingerprint density at radius 3 is 2.36 bits per heavy atom. The minimum Gasteiger partial charge on any atom is -0.497 e. The Kier molecular flexibility index (Phi) is 8.20. The summed E-state index contributed by atoms with van der Waals surface area (Å²) in [5.74, 6) is 1.07. The van der Waals surface area contributed by atoms with Crippen LogP contribution in [0.15, 0.2) is 78.9 Å². The molecule has 1 saturated heterocycles. The number of hydrogen-bond donors (Lipinski definition) is 0. The lowest BCUT2D eigenvalue weighted by molar-refractivity contribution is 0.0600. The maximum absolute atomic E-state index is 13.2. The van der Waals surface area contributed by atoms with Crippen LogP contribution in [0.4, 0.5) is 4.79 Å². The highest BCUT2D eigenvalue weighted by Crippen LogP contribution is 2.40. The fraction of sp³-hybridized carbons (Fsp3) is 0.257. The molecule has 1 aliphatic rings. The van der Waals surface area contributed by atoms with Crippen LogP contribution in [0.5, 0.6) is 11.5 Å². The topological polar surface area (TPSA) is 74.3 Å². The molecule has 0 aliphatic carbocycles. The molecule has 1 aliphatic heterocycles. The van der Waals surface area contributed by atoms with Gasteiger partial charge in [-0.1, -0.05) is 48.0 Å². The number of esters is 1. The Labute approximate surface area is 246 Å². The Morgan fingerprint density at radius 2 is 1.64 bits per heavy atom. The van der Waals surface area contributed by atoms with Gasteiger partial charge in [0.05, 0.1) is 39.5 Å². The van der Waals surface area contributed by atoms with E-state index in [1.54, 1.807) is 25.2 Å². The molecule has 5 rings (SSSR count). The molecule has 4 aromatic rings. The van der Waals surface area contributed by atoms with Gasteiger partial charge in [0.15, 0.2) is 0 Å². The van der Waals surface area contributed by atoms with Crippen LogP contribution in [0, 0.1) is 13.8 Å². The van der Waals surface area contributed by atoms with Gasteiger partial charge in [0.1, 0.15) is 17.6 Å². The summed E-state index contributed by atoms with van der Waals surface area (Å²) in [7, 11) is 4.65. The van der Waals surface area contributed by atoms with Crippen molar-refractivity contribution < 1.29 is 28.5 Å². The highest BCUT2D eigenvalue weighted by molar-refractivity contribution is 5.91. The van der Waals surface area contributed by atoms with Crippen molar-refractivity contribution in [3.63, 3.8) is 0 Å². The number of nitrogens with zero attached hydrogens (tertiary/aromatic N) is 1. The lowest BCUT2D eigenvalue weighted by Gasteiger charge is -2.23. The SMILES string of the molecule is COC(=O)c1ccc(-c2ccc(OC)c(-c3ccc(C)cc3CN3C(=O)O[C@H](c4cccc(OC)c4)[C@@H]3C)c2)c(C)c1. The molecule has 0 radical (unpaired) electrons. The maximum atomic E-state index is 13.2. The van der Waals surface area contributed by atoms with Crippen molar-refractivity contribution in [3.05, 3.63) is 107 Å². The van der Waals surface area contributed by atoms with Gasteiger partial charge >= 0.3 is 12.1 Å². The van der Waals surface area contributed by atoms with Gasteiger partial charge in [-0.3, -0.25) is 4.90 Å². The zero-order chi connectivity index (χ0) is 30.0. The highest BCUT2D eigenvalue weighted by atomic mass is 16.6. The molecule has 0 aromatic heterocycles. The molecule has 1 fully saturated rings. The molecule has 0 unspecified atom stereocenters. The number of amides is 1. The number of benzene rings is 4. The van der Waals surface area contributed by atoms with Gasteiger partial charge < -0.3 is 18.9 Å². The average molecular weight is 566 g/mol. The molecule has 1 amide bonds. The Bertz CT molecular complexity index is 1640. The third-order valence-corrected chi connectivity index (χ3v) is 7.86. The molecule has 7 nitrogen and oxygen atoms in total. The number of aryl methyl sites for hydroxylation is 2. The Balaban J connectivity index is 1.51. The van der Waals surface area contributed by atoms with Gasteiger partial charge in [-0.2, -0.15) is 0 Å². The molecular weight excluding hydrogens is 530 g/mol. The van der Waals surface area contributed by atoms with E-state index in [2.05, 4.69) is 24.3 Å². The van der Waals surface area contributed by atoms with Crippen LogP contribution in [0.25, 0.3) is 22.3 Å². The molecule has 4 aromatic carbocycles. The summed E-state index contributed by atoms with van der Waals surface area (Å²) in [6.45, 7) is 6.39. The number of rotatable bonds is 8. The summed E-state index contributed by atoms with van der Waals surface area (Å²) >= 11 is 0. The third kappa shape index (κ3) is 5.55. The number of ether oxygens (including phenoxy) is 4. The van der Waals surface area contributed by atoms with Crippen LogP contribution in [0.1, 0.15) is 45.6 Å². The summed E-state index contributed by atoms with van der Waals surface area (Å²) in [5.41, 5.74) is 8.28. The predicted octanol–water partition coefficient (Wildman–Crippen LogP) is 7.52. The number of cyclic esters (lactones) is 1. The van der Waals surface area contributed by atoms with Crippen molar-refractivity contribution in [3.8, 4) is 33.8 Å². The first-order valence-corrected chi connectivity index (χ1v) is 13.8. The molecule has 0 N–H and O–H groups in total. The first kappa shape index (κ1) is 28.7. The fourth-order valence-electron chi connectivity index (χ4n) is 5.60. The normalized spacial score (nSPS) is 16.2. The van der Waals surface area contributed by atoms with Crippen LogP contribution >= 0.6 is 0 Å². The van der Waals surface area contributed by atoms with E-state index in [9.17, 15) is 9.59 Å². The van der Waals surface area contributed by atoms with E-state index in [4.69, 9.17) is 18.9 Å². The van der Waals surface area contributed by atoms with E-state index in [-0.39, 0.29) is 18.1 Å². The summed E-state index contributed by atoms with van der Waals surface area (Å²) in [6.07, 6.45) is -0.764. The molecule has 0 spiro atoms. The maximum Gasteiger partial charge on any atom is 0.411 e. The molecule has 7 heteroatoms.